The van der Waals surface area contributed by atoms with Crippen molar-refractivity contribution in [1.82, 2.24) is 5.32 Å². The molecule has 0 saturated carbocycles. The molecule has 7 heteroatoms. The lowest BCUT2D eigenvalue weighted by atomic mass is 9.97. The van der Waals surface area contributed by atoms with Gasteiger partial charge in [-0.3, -0.25) is 9.59 Å². The van der Waals surface area contributed by atoms with Crippen LogP contribution < -0.4 is 10.2 Å². The quantitative estimate of drug-likeness (QED) is 0.390. The first kappa shape index (κ1) is 24.5. The number of nitrogens with one attached hydrogen (secondary N) is 1. The molecule has 3 aromatic carbocycles. The van der Waals surface area contributed by atoms with E-state index >= 15 is 0 Å². The van der Waals surface area contributed by atoms with Gasteiger partial charge >= 0.3 is 0 Å². The number of rotatable bonds is 6. The predicted molar refractivity (Wildman–Crippen MR) is 143 cm³/mol. The van der Waals surface area contributed by atoms with Crippen LogP contribution in [0.4, 0.5) is 5.69 Å². The van der Waals surface area contributed by atoms with E-state index in [4.69, 9.17) is 11.6 Å². The first-order chi connectivity index (χ1) is 17.5. The molecule has 36 heavy (non-hydrogen) atoms. The fourth-order valence-corrected chi connectivity index (χ4v) is 6.31. The van der Waals surface area contributed by atoms with E-state index < -0.39 is 10.8 Å². The van der Waals surface area contributed by atoms with Crippen LogP contribution in [0, 0.1) is 0 Å². The van der Waals surface area contributed by atoms with Gasteiger partial charge in [0.15, 0.2) is 0 Å². The molecule has 184 valence electrons. The highest BCUT2D eigenvalue weighted by molar-refractivity contribution is 7.85. The molecule has 5 rings (SSSR count). The molecule has 0 aromatic heterocycles. The summed E-state index contributed by atoms with van der Waals surface area (Å²) in [4.78, 5) is 29.3. The maximum absolute atomic E-state index is 13.7. The number of allylic oxidation sites excluding steroid dienone is 1. The van der Waals surface area contributed by atoms with Crippen LogP contribution in [0.3, 0.4) is 0 Å². The molecule has 1 heterocycles. The molecule has 0 fully saturated rings. The SMILES string of the molecule is O=C(NCCC1=CCCCC1)c1ccc2c(c1)N(Cc1cccc(Cl)c1)C(=O)c1ccccc1[S@@]2=O. The standard InChI is InChI=1S/C29H27ClN2O3S/c30-23-10-6-9-21(17-23)19-32-25-18-22(28(33)31-16-15-20-7-2-1-3-8-20)13-14-27(25)36(35)26-12-5-4-11-24(26)29(32)34/h4-7,9-14,17-18H,1-3,8,15-16,19H2,(H,31,33)/t36-/m0/s1. The Balaban J connectivity index is 1.47. The third-order valence-electron chi connectivity index (χ3n) is 6.62. The van der Waals surface area contributed by atoms with Crippen LogP contribution >= 0.6 is 11.6 Å². The first-order valence-corrected chi connectivity index (χ1v) is 13.7. The molecule has 0 unspecified atom stereocenters. The molecule has 0 radical (unpaired) electrons. The van der Waals surface area contributed by atoms with E-state index in [1.807, 2.05) is 12.1 Å². The smallest absolute Gasteiger partial charge is 0.259 e. The average Bonchev–Trinajstić information content (AvgIpc) is 2.98. The minimum atomic E-state index is -1.57. The number of nitrogens with zero attached hydrogens (tertiary/aromatic N) is 1. The van der Waals surface area contributed by atoms with E-state index in [0.717, 1.165) is 24.8 Å². The highest BCUT2D eigenvalue weighted by atomic mass is 35.5. The highest BCUT2D eigenvalue weighted by Crippen LogP contribution is 2.36. The second-order valence-electron chi connectivity index (χ2n) is 9.08. The molecule has 1 aliphatic heterocycles. The van der Waals surface area contributed by atoms with E-state index in [2.05, 4.69) is 11.4 Å². The van der Waals surface area contributed by atoms with Gasteiger partial charge in [0.1, 0.15) is 0 Å². The zero-order valence-electron chi connectivity index (χ0n) is 19.8. The first-order valence-electron chi connectivity index (χ1n) is 12.2. The van der Waals surface area contributed by atoms with Gasteiger partial charge in [-0.1, -0.05) is 47.5 Å². The Morgan fingerprint density at radius 1 is 1.00 bits per heavy atom. The third-order valence-corrected chi connectivity index (χ3v) is 8.36. The number of fused-ring (bicyclic) bond motifs is 2. The van der Waals surface area contributed by atoms with Crippen molar-refractivity contribution < 1.29 is 13.8 Å². The molecule has 0 bridgehead atoms. The lowest BCUT2D eigenvalue weighted by molar-refractivity contribution is 0.0950. The van der Waals surface area contributed by atoms with Gasteiger partial charge in [-0.25, -0.2) is 4.21 Å². The van der Waals surface area contributed by atoms with E-state index in [1.54, 1.807) is 59.5 Å². The number of carbonyl (C=O) groups is 2. The van der Waals surface area contributed by atoms with Crippen LogP contribution in [-0.4, -0.2) is 22.6 Å². The molecule has 0 saturated heterocycles. The van der Waals surface area contributed by atoms with Gasteiger partial charge in [-0.15, -0.1) is 0 Å². The normalized spacial score (nSPS) is 17.0. The van der Waals surface area contributed by atoms with E-state index in [-0.39, 0.29) is 18.4 Å². The van der Waals surface area contributed by atoms with E-state index in [1.165, 1.54) is 18.4 Å². The fraction of sp³-hybridized carbons (Fsp3) is 0.241. The lowest BCUT2D eigenvalue weighted by Crippen LogP contribution is -2.31. The molecular weight excluding hydrogens is 492 g/mol. The summed E-state index contributed by atoms with van der Waals surface area (Å²) < 4.78 is 13.6. The monoisotopic (exact) mass is 518 g/mol. The maximum atomic E-state index is 13.7. The molecular formula is C29H27ClN2O3S. The van der Waals surface area contributed by atoms with Crippen LogP contribution in [0.15, 0.2) is 88.2 Å². The van der Waals surface area contributed by atoms with Crippen LogP contribution in [0.5, 0.6) is 0 Å². The molecule has 3 aromatic rings. The van der Waals surface area contributed by atoms with Crippen LogP contribution in [0.1, 0.15) is 58.4 Å². The molecule has 1 N–H and O–H groups in total. The summed E-state index contributed by atoms with van der Waals surface area (Å²) >= 11 is 6.20. The van der Waals surface area contributed by atoms with Gasteiger partial charge in [0.25, 0.3) is 11.8 Å². The Kier molecular flexibility index (Phi) is 7.35. The van der Waals surface area contributed by atoms with Gasteiger partial charge in [0, 0.05) is 17.1 Å². The Labute approximate surface area is 218 Å². The topological polar surface area (TPSA) is 66.5 Å². The summed E-state index contributed by atoms with van der Waals surface area (Å²) in [6.45, 7) is 0.793. The molecule has 0 spiro atoms. The second-order valence-corrected chi connectivity index (χ2v) is 10.9. The van der Waals surface area contributed by atoms with Crippen molar-refractivity contribution in [1.29, 1.82) is 0 Å². The number of anilines is 1. The number of halogens is 1. The summed E-state index contributed by atoms with van der Waals surface area (Å²) in [6, 6.07) is 19.3. The number of amides is 2. The van der Waals surface area contributed by atoms with Gasteiger partial charge in [-0.2, -0.15) is 0 Å². The Hall–Kier alpha value is -3.22. The summed E-state index contributed by atoms with van der Waals surface area (Å²) in [7, 11) is -1.57. The number of carbonyl (C=O) groups excluding carboxylic acids is 2. The fourth-order valence-electron chi connectivity index (χ4n) is 4.75. The largest absolute Gasteiger partial charge is 0.352 e. The molecule has 2 aliphatic rings. The summed E-state index contributed by atoms with van der Waals surface area (Å²) in [6.07, 6.45) is 7.78. The third kappa shape index (κ3) is 5.15. The van der Waals surface area contributed by atoms with Crippen molar-refractivity contribution in [2.24, 2.45) is 0 Å². The number of hydrogen-bond donors (Lipinski definition) is 1. The van der Waals surface area contributed by atoms with Gasteiger partial charge in [0.05, 0.1) is 38.4 Å². The van der Waals surface area contributed by atoms with Gasteiger partial charge in [0.2, 0.25) is 0 Å². The summed E-state index contributed by atoms with van der Waals surface area (Å²) in [5, 5.41) is 3.57. The molecule has 2 amide bonds. The van der Waals surface area contributed by atoms with E-state index in [9.17, 15) is 13.8 Å². The minimum Gasteiger partial charge on any atom is -0.352 e. The summed E-state index contributed by atoms with van der Waals surface area (Å²) in [5.41, 5.74) is 3.52. The highest BCUT2D eigenvalue weighted by Gasteiger charge is 2.31. The van der Waals surface area contributed by atoms with Crippen molar-refractivity contribution in [2.45, 2.75) is 48.4 Å². The number of hydrogen-bond acceptors (Lipinski definition) is 3. The van der Waals surface area contributed by atoms with Crippen molar-refractivity contribution in [2.75, 3.05) is 11.4 Å². The van der Waals surface area contributed by atoms with Crippen molar-refractivity contribution in [3.63, 3.8) is 0 Å². The predicted octanol–water partition coefficient (Wildman–Crippen LogP) is 6.29. The molecule has 5 nitrogen and oxygen atoms in total. The zero-order chi connectivity index (χ0) is 25.1. The van der Waals surface area contributed by atoms with Crippen LogP contribution in [0.25, 0.3) is 0 Å². The Bertz CT molecular complexity index is 1380. The Morgan fingerprint density at radius 2 is 1.86 bits per heavy atom. The number of benzene rings is 3. The lowest BCUT2D eigenvalue weighted by Gasteiger charge is -2.24. The van der Waals surface area contributed by atoms with Crippen LogP contribution in [0.2, 0.25) is 5.02 Å². The summed E-state index contributed by atoms with van der Waals surface area (Å²) in [5.74, 6) is -0.476. The zero-order valence-corrected chi connectivity index (χ0v) is 21.4. The average molecular weight is 519 g/mol. The maximum Gasteiger partial charge on any atom is 0.259 e. The van der Waals surface area contributed by atoms with Crippen molar-refractivity contribution >= 4 is 39.9 Å². The van der Waals surface area contributed by atoms with Crippen molar-refractivity contribution in [3.8, 4) is 0 Å². The van der Waals surface area contributed by atoms with E-state index in [0.29, 0.717) is 38.2 Å². The second kappa shape index (κ2) is 10.8. The Morgan fingerprint density at radius 3 is 2.67 bits per heavy atom. The van der Waals surface area contributed by atoms with Crippen molar-refractivity contribution in [3.05, 3.63) is 100 Å². The molecule has 1 aliphatic carbocycles. The molecule has 1 atom stereocenters. The van der Waals surface area contributed by atoms with Gasteiger partial charge < -0.3 is 10.2 Å². The van der Waals surface area contributed by atoms with Gasteiger partial charge in [-0.05, 0) is 80.1 Å². The van der Waals surface area contributed by atoms with Crippen LogP contribution in [-0.2, 0) is 17.3 Å². The minimum absolute atomic E-state index is 0.211.